The van der Waals surface area contributed by atoms with Crippen molar-refractivity contribution in [2.75, 3.05) is 27.0 Å². The Bertz CT molecular complexity index is 650. The molecule has 0 aromatic carbocycles. The predicted molar refractivity (Wildman–Crippen MR) is 106 cm³/mol. The fraction of sp³-hybridized carbons (Fsp3) is 0.905. The van der Waals surface area contributed by atoms with Crippen LogP contribution in [-0.4, -0.2) is 59.5 Å². The van der Waals surface area contributed by atoms with Gasteiger partial charge in [0.15, 0.2) is 5.78 Å². The van der Waals surface area contributed by atoms with Crippen molar-refractivity contribution in [2.45, 2.75) is 96.5 Å². The van der Waals surface area contributed by atoms with Gasteiger partial charge in [0.1, 0.15) is 19.1 Å². The summed E-state index contributed by atoms with van der Waals surface area (Å²) in [7, 11) is 0. The molecule has 26 heavy (non-hydrogen) atoms. The molecule has 0 rings (SSSR count). The van der Waals surface area contributed by atoms with E-state index < -0.39 is 55.7 Å². The van der Waals surface area contributed by atoms with Crippen molar-refractivity contribution in [1.29, 1.82) is 0 Å². The average Bonchev–Trinajstić information content (AvgIpc) is 2.67. The molecule has 0 aromatic rings. The zero-order chi connectivity index (χ0) is 27.6. The number of aliphatic carboxylic acids is 1. The number of carbonyl (C=O) groups is 2. The smallest absolute Gasteiger partial charge is 0.306 e. The predicted octanol–water partition coefficient (Wildman–Crippen LogP) is 4.17. The zero-order valence-corrected chi connectivity index (χ0v) is 16.1. The van der Waals surface area contributed by atoms with E-state index >= 15 is 0 Å². The molecule has 0 amide bonds. The van der Waals surface area contributed by atoms with Gasteiger partial charge in [0.2, 0.25) is 0 Å². The Morgan fingerprint density at radius 2 is 1.50 bits per heavy atom. The number of nitrogens with zero attached hydrogens (tertiary/aromatic N) is 1. The van der Waals surface area contributed by atoms with Gasteiger partial charge in [-0.15, -0.1) is 0 Å². The average molecular weight is 382 g/mol. The molecule has 1 unspecified atom stereocenters. The maximum Gasteiger partial charge on any atom is 0.306 e. The van der Waals surface area contributed by atoms with Crippen LogP contribution < -0.4 is 0 Å². The van der Waals surface area contributed by atoms with Crippen LogP contribution in [0.25, 0.3) is 0 Å². The molecule has 0 radical (unpaired) electrons. The summed E-state index contributed by atoms with van der Waals surface area (Å²) in [5.74, 6) is -2.67. The number of hydrogen-bond donors (Lipinski definition) is 2. The van der Waals surface area contributed by atoms with Gasteiger partial charge in [-0.2, -0.15) is 0 Å². The first-order valence-corrected chi connectivity index (χ1v) is 9.71. The van der Waals surface area contributed by atoms with Gasteiger partial charge in [-0.3, -0.25) is 9.59 Å². The third-order valence-electron chi connectivity index (χ3n) is 4.11. The number of hydrogen-bond acceptors (Lipinski definition) is 3. The molecule has 0 aliphatic rings. The van der Waals surface area contributed by atoms with Gasteiger partial charge in [-0.1, -0.05) is 71.1 Å². The number of carboxylic acids is 1. The number of carboxylic acid groups (broad SMARTS) is 1. The molecule has 0 bridgehead atoms. The summed E-state index contributed by atoms with van der Waals surface area (Å²) in [5.41, 5.74) is 0. The second-order valence-electron chi connectivity index (χ2n) is 6.92. The first kappa shape index (κ1) is 13.3. The van der Waals surface area contributed by atoms with Crippen molar-refractivity contribution >= 4 is 11.8 Å². The Kier molecular flexibility index (Phi) is 7.73. The van der Waals surface area contributed by atoms with E-state index in [1.165, 1.54) is 32.1 Å². The molecule has 0 spiro atoms. The Labute approximate surface area is 173 Å². The van der Waals surface area contributed by atoms with Gasteiger partial charge in [0.25, 0.3) is 0 Å². The maximum absolute atomic E-state index is 12.7. The minimum absolute atomic E-state index is 0.186. The summed E-state index contributed by atoms with van der Waals surface area (Å²) in [4.78, 5) is 23.7. The summed E-state index contributed by atoms with van der Waals surface area (Å²) < 4.78 is 68.2. The molecule has 0 fully saturated rings. The van der Waals surface area contributed by atoms with Crippen molar-refractivity contribution in [3.63, 3.8) is 0 Å². The lowest BCUT2D eigenvalue weighted by atomic mass is 10.0. The standard InChI is InChI=1S/C21H41NO4/c1-4-5-6-7-8-9-10-11-12-13-14-15-19(23)17-22(2,3)18-20(24)16-21(25)26/h20,24H,4-18H2,1-3H3/p+1/i2D3,3D3,18D2,20D. The van der Waals surface area contributed by atoms with E-state index in [0.717, 1.165) is 25.7 Å². The lowest BCUT2D eigenvalue weighted by Gasteiger charge is -2.30. The summed E-state index contributed by atoms with van der Waals surface area (Å²) >= 11 is 0. The molecule has 154 valence electrons. The van der Waals surface area contributed by atoms with Gasteiger partial charge in [-0.05, 0) is 6.42 Å². The normalized spacial score (nSPS) is 20.8. The Morgan fingerprint density at radius 1 is 1.00 bits per heavy atom. The first-order valence-electron chi connectivity index (χ1n) is 14.2. The van der Waals surface area contributed by atoms with Crippen molar-refractivity contribution in [3.05, 3.63) is 0 Å². The number of likely N-dealkylation sites (N-methyl/N-ethyl adjacent to an activating group) is 1. The van der Waals surface area contributed by atoms with E-state index in [9.17, 15) is 14.7 Å². The fourth-order valence-electron chi connectivity index (χ4n) is 2.77. The van der Waals surface area contributed by atoms with E-state index in [2.05, 4.69) is 6.92 Å². The fourth-order valence-corrected chi connectivity index (χ4v) is 2.77. The van der Waals surface area contributed by atoms with Gasteiger partial charge < -0.3 is 14.7 Å². The van der Waals surface area contributed by atoms with Crippen LogP contribution in [0.1, 0.15) is 103 Å². The number of quaternary nitrogens is 1. The van der Waals surface area contributed by atoms with Crippen molar-refractivity contribution in [1.82, 2.24) is 0 Å². The summed E-state index contributed by atoms with van der Waals surface area (Å²) in [6.45, 7) is -10.4. The largest absolute Gasteiger partial charge is 0.481 e. The maximum atomic E-state index is 12.7. The van der Waals surface area contributed by atoms with Gasteiger partial charge >= 0.3 is 5.97 Å². The van der Waals surface area contributed by atoms with Crippen LogP contribution in [0.2, 0.25) is 0 Å². The van der Waals surface area contributed by atoms with E-state index in [-0.39, 0.29) is 6.42 Å². The molecule has 1 atom stereocenters. The molecule has 0 saturated heterocycles. The van der Waals surface area contributed by atoms with Crippen LogP contribution in [0.15, 0.2) is 0 Å². The third-order valence-corrected chi connectivity index (χ3v) is 4.11. The van der Waals surface area contributed by atoms with Crippen LogP contribution in [0.4, 0.5) is 0 Å². The Hall–Kier alpha value is -0.940. The molecule has 2 N–H and O–H groups in total. The highest BCUT2D eigenvalue weighted by Gasteiger charge is 2.24. The lowest BCUT2D eigenvalue weighted by Crippen LogP contribution is -2.48. The van der Waals surface area contributed by atoms with Gasteiger partial charge in [0.05, 0.1) is 32.7 Å². The summed E-state index contributed by atoms with van der Waals surface area (Å²) in [6, 6.07) is 0. The van der Waals surface area contributed by atoms with Crippen LogP contribution in [0, 0.1) is 0 Å². The van der Waals surface area contributed by atoms with E-state index in [1.807, 2.05) is 0 Å². The number of aliphatic hydroxyl groups is 1. The molecular weight excluding hydrogens is 330 g/mol. The van der Waals surface area contributed by atoms with E-state index in [0.29, 0.717) is 12.8 Å². The zero-order valence-electron chi connectivity index (χ0n) is 25.1. The topological polar surface area (TPSA) is 74.6 Å². The van der Waals surface area contributed by atoms with Crippen LogP contribution in [0.5, 0.6) is 0 Å². The van der Waals surface area contributed by atoms with Crippen molar-refractivity contribution < 1.29 is 36.6 Å². The molecule has 5 nitrogen and oxygen atoms in total. The lowest BCUT2D eigenvalue weighted by molar-refractivity contribution is -0.885. The third kappa shape index (κ3) is 16.5. The monoisotopic (exact) mass is 381 g/mol. The highest BCUT2D eigenvalue weighted by Crippen LogP contribution is 2.12. The molecular formula is C21H42NO4+. The number of Topliss-reactive ketones (excluding diaryl/α,β-unsaturated/α-hetero) is 1. The van der Waals surface area contributed by atoms with E-state index in [1.54, 1.807) is 0 Å². The molecule has 0 saturated carbocycles. The Morgan fingerprint density at radius 3 is 1.96 bits per heavy atom. The van der Waals surface area contributed by atoms with Crippen molar-refractivity contribution in [3.8, 4) is 0 Å². The number of carbonyl (C=O) groups excluding carboxylic acids is 1. The second-order valence-corrected chi connectivity index (χ2v) is 6.92. The van der Waals surface area contributed by atoms with Gasteiger partial charge in [-0.25, -0.2) is 0 Å². The minimum Gasteiger partial charge on any atom is -0.481 e. The first-order chi connectivity index (χ1) is 15.9. The van der Waals surface area contributed by atoms with E-state index in [4.69, 9.17) is 17.4 Å². The number of rotatable bonds is 18. The van der Waals surface area contributed by atoms with Crippen LogP contribution in [0.3, 0.4) is 0 Å². The highest BCUT2D eigenvalue weighted by atomic mass is 16.4. The second kappa shape index (κ2) is 15.2. The number of unbranched alkanes of at least 4 members (excludes halogenated alkanes) is 10. The highest BCUT2D eigenvalue weighted by molar-refractivity contribution is 5.79. The van der Waals surface area contributed by atoms with Crippen LogP contribution >= 0.6 is 0 Å². The Balaban J connectivity index is 5.22. The minimum atomic E-state index is -3.84. The quantitative estimate of drug-likeness (QED) is 0.276. The van der Waals surface area contributed by atoms with Gasteiger partial charge in [0, 0.05) is 6.42 Å². The molecule has 5 heteroatoms. The number of ketones is 1. The van der Waals surface area contributed by atoms with Crippen molar-refractivity contribution in [2.24, 2.45) is 0 Å². The molecule has 0 aromatic heterocycles. The summed E-state index contributed by atoms with van der Waals surface area (Å²) in [6.07, 6.45) is 5.81. The molecule has 0 aliphatic carbocycles. The molecule has 0 aliphatic heterocycles. The van der Waals surface area contributed by atoms with Crippen LogP contribution in [-0.2, 0) is 9.59 Å². The molecule has 0 heterocycles. The SMILES string of the molecule is [2H]C(O)(CC(=O)O)C([2H])([2H])[N+](CC(=O)CCCCCCCCCCCCC)(C([2H])([2H])[2H])C([2H])([2H])[2H]. The summed E-state index contributed by atoms with van der Waals surface area (Å²) in [5, 5.41) is 19.2.